The first-order valence-corrected chi connectivity index (χ1v) is 5.98. The Balaban J connectivity index is 2.11. The lowest BCUT2D eigenvalue weighted by Crippen LogP contribution is -2.42. The second kappa shape index (κ2) is 4.00. The van der Waals surface area contributed by atoms with Crippen LogP contribution in [-0.2, 0) is 11.2 Å². The Kier molecular flexibility index (Phi) is 2.87. The van der Waals surface area contributed by atoms with Gasteiger partial charge in [-0.2, -0.15) is 0 Å². The number of carbonyl (C=O) groups excluding carboxylic acids is 1. The van der Waals surface area contributed by atoms with Crippen LogP contribution in [-0.4, -0.2) is 11.4 Å². The molecule has 1 saturated heterocycles. The summed E-state index contributed by atoms with van der Waals surface area (Å²) in [7, 11) is 0. The first-order chi connectivity index (χ1) is 7.13. The van der Waals surface area contributed by atoms with Crippen molar-refractivity contribution in [3.05, 3.63) is 22.6 Å². The van der Waals surface area contributed by atoms with Crippen LogP contribution < -0.4 is 5.32 Å². The summed E-state index contributed by atoms with van der Waals surface area (Å²) in [5, 5.41) is 3.06. The molecule has 3 nitrogen and oxygen atoms in total. The summed E-state index contributed by atoms with van der Waals surface area (Å²) in [5.74, 6) is 1.08. The van der Waals surface area contributed by atoms with E-state index >= 15 is 0 Å². The molecule has 1 atom stereocenters. The molecule has 0 saturated carbocycles. The van der Waals surface area contributed by atoms with E-state index in [2.05, 4.69) is 28.2 Å². The third kappa shape index (κ3) is 2.25. The van der Waals surface area contributed by atoms with Gasteiger partial charge < -0.3 is 9.73 Å². The number of hydrogen-bond donors (Lipinski definition) is 1. The fourth-order valence-corrected chi connectivity index (χ4v) is 2.42. The van der Waals surface area contributed by atoms with E-state index in [9.17, 15) is 4.79 Å². The summed E-state index contributed by atoms with van der Waals surface area (Å²) in [6.07, 6.45) is 3.26. The monoisotopic (exact) mass is 271 g/mol. The van der Waals surface area contributed by atoms with Crippen LogP contribution in [0.4, 0.5) is 0 Å². The lowest BCUT2D eigenvalue weighted by atomic mass is 9.89. The zero-order chi connectivity index (χ0) is 10.9. The number of rotatable bonds is 3. The molecule has 2 rings (SSSR count). The average molecular weight is 272 g/mol. The minimum Gasteiger partial charge on any atom is -0.454 e. The first-order valence-electron chi connectivity index (χ1n) is 5.19. The van der Waals surface area contributed by atoms with E-state index < -0.39 is 0 Å². The molecule has 1 unspecified atom stereocenters. The molecule has 0 aromatic carbocycles. The molecule has 1 N–H and O–H groups in total. The molecule has 15 heavy (non-hydrogen) atoms. The Hall–Kier alpha value is -0.770. The van der Waals surface area contributed by atoms with Gasteiger partial charge in [0.15, 0.2) is 4.67 Å². The van der Waals surface area contributed by atoms with E-state index in [0.29, 0.717) is 6.42 Å². The molecule has 0 bridgehead atoms. The summed E-state index contributed by atoms with van der Waals surface area (Å²) in [6.45, 7) is 2.10. The van der Waals surface area contributed by atoms with Crippen molar-refractivity contribution in [3.63, 3.8) is 0 Å². The number of halogens is 1. The number of hydrogen-bond acceptors (Lipinski definition) is 2. The Labute approximate surface area is 97.4 Å². The van der Waals surface area contributed by atoms with Crippen LogP contribution in [0.25, 0.3) is 0 Å². The molecule has 1 amide bonds. The maximum absolute atomic E-state index is 11.3. The lowest BCUT2D eigenvalue weighted by molar-refractivity contribution is -0.119. The smallest absolute Gasteiger partial charge is 0.220 e. The van der Waals surface area contributed by atoms with Crippen molar-refractivity contribution in [3.8, 4) is 0 Å². The zero-order valence-corrected chi connectivity index (χ0v) is 10.3. The number of carbonyl (C=O) groups is 1. The molecular weight excluding hydrogens is 258 g/mol. The molecule has 1 aromatic heterocycles. The number of nitrogens with one attached hydrogen (secondary N) is 1. The molecule has 4 heteroatoms. The van der Waals surface area contributed by atoms with Crippen LogP contribution in [0.2, 0.25) is 0 Å². The van der Waals surface area contributed by atoms with Crippen molar-refractivity contribution in [1.82, 2.24) is 5.32 Å². The minimum absolute atomic E-state index is 0.0889. The average Bonchev–Trinajstić information content (AvgIpc) is 2.75. The SMILES string of the molecule is CCC1(Cc2ccc(Br)o2)CCC(=O)N1. The number of amides is 1. The van der Waals surface area contributed by atoms with Crippen molar-refractivity contribution in [2.24, 2.45) is 0 Å². The van der Waals surface area contributed by atoms with Crippen molar-refractivity contribution >= 4 is 21.8 Å². The molecular formula is C11H14BrNO2. The quantitative estimate of drug-likeness (QED) is 0.919. The molecule has 82 valence electrons. The molecule has 1 fully saturated rings. The predicted molar refractivity (Wildman–Crippen MR) is 60.5 cm³/mol. The topological polar surface area (TPSA) is 42.2 Å². The third-order valence-electron chi connectivity index (χ3n) is 3.05. The van der Waals surface area contributed by atoms with E-state index in [4.69, 9.17) is 4.42 Å². The predicted octanol–water partition coefficient (Wildman–Crippen LogP) is 2.64. The summed E-state index contributed by atoms with van der Waals surface area (Å²) < 4.78 is 6.22. The van der Waals surface area contributed by atoms with Crippen LogP contribution >= 0.6 is 15.9 Å². The standard InChI is InChI=1S/C11H14BrNO2/c1-2-11(6-5-10(14)13-11)7-8-3-4-9(12)15-8/h3-4H,2,5-7H2,1H3,(H,13,14). The van der Waals surface area contributed by atoms with Gasteiger partial charge in [0.2, 0.25) is 5.91 Å². The highest BCUT2D eigenvalue weighted by atomic mass is 79.9. The van der Waals surface area contributed by atoms with Crippen molar-refractivity contribution in [2.45, 2.75) is 38.1 Å². The maximum Gasteiger partial charge on any atom is 0.220 e. The van der Waals surface area contributed by atoms with Crippen LogP contribution in [0.15, 0.2) is 21.2 Å². The summed E-state index contributed by atoms with van der Waals surface area (Å²) >= 11 is 3.28. The highest BCUT2D eigenvalue weighted by Gasteiger charge is 2.36. The van der Waals surface area contributed by atoms with E-state index in [1.165, 1.54) is 0 Å². The van der Waals surface area contributed by atoms with Gasteiger partial charge in [0.25, 0.3) is 0 Å². The van der Waals surface area contributed by atoms with E-state index in [0.717, 1.165) is 29.7 Å². The maximum atomic E-state index is 11.3. The highest BCUT2D eigenvalue weighted by molar-refractivity contribution is 9.10. The van der Waals surface area contributed by atoms with Crippen molar-refractivity contribution < 1.29 is 9.21 Å². The molecule has 1 aromatic rings. The van der Waals surface area contributed by atoms with Gasteiger partial charge in [0.05, 0.1) is 0 Å². The van der Waals surface area contributed by atoms with E-state index in [1.807, 2.05) is 12.1 Å². The molecule has 1 aliphatic heterocycles. The van der Waals surface area contributed by atoms with E-state index in [-0.39, 0.29) is 11.4 Å². The summed E-state index contributed by atoms with van der Waals surface area (Å²) in [4.78, 5) is 11.3. The van der Waals surface area contributed by atoms with Gasteiger partial charge >= 0.3 is 0 Å². The molecule has 0 spiro atoms. The van der Waals surface area contributed by atoms with Gasteiger partial charge in [-0.05, 0) is 40.9 Å². The molecule has 1 aliphatic rings. The summed E-state index contributed by atoms with van der Waals surface area (Å²) in [6, 6.07) is 3.83. The normalized spacial score (nSPS) is 25.6. The number of furan rings is 1. The molecule has 0 aliphatic carbocycles. The van der Waals surface area contributed by atoms with Gasteiger partial charge in [-0.15, -0.1) is 0 Å². The van der Waals surface area contributed by atoms with Gasteiger partial charge in [-0.25, -0.2) is 0 Å². The Bertz CT molecular complexity index is 374. The first kappa shape index (κ1) is 10.7. The zero-order valence-electron chi connectivity index (χ0n) is 8.68. The largest absolute Gasteiger partial charge is 0.454 e. The van der Waals surface area contributed by atoms with Crippen molar-refractivity contribution in [2.75, 3.05) is 0 Å². The highest BCUT2D eigenvalue weighted by Crippen LogP contribution is 2.29. The second-order valence-electron chi connectivity index (χ2n) is 4.06. The lowest BCUT2D eigenvalue weighted by Gasteiger charge is -2.26. The summed E-state index contributed by atoms with van der Waals surface area (Å²) in [5.41, 5.74) is -0.0889. The van der Waals surface area contributed by atoms with Gasteiger partial charge in [0.1, 0.15) is 5.76 Å². The Morgan fingerprint density at radius 2 is 2.40 bits per heavy atom. The van der Waals surface area contributed by atoms with Gasteiger partial charge in [-0.3, -0.25) is 4.79 Å². The fourth-order valence-electron chi connectivity index (χ4n) is 2.08. The fraction of sp³-hybridized carbons (Fsp3) is 0.545. The molecule has 2 heterocycles. The van der Waals surface area contributed by atoms with Crippen molar-refractivity contribution in [1.29, 1.82) is 0 Å². The van der Waals surface area contributed by atoms with E-state index in [1.54, 1.807) is 0 Å². The van der Waals surface area contributed by atoms with Gasteiger partial charge in [0, 0.05) is 18.4 Å². The second-order valence-corrected chi connectivity index (χ2v) is 4.85. The van der Waals surface area contributed by atoms with Crippen LogP contribution in [0.3, 0.4) is 0 Å². The van der Waals surface area contributed by atoms with Crippen LogP contribution in [0.1, 0.15) is 31.9 Å². The third-order valence-corrected chi connectivity index (χ3v) is 3.48. The van der Waals surface area contributed by atoms with Gasteiger partial charge in [-0.1, -0.05) is 6.92 Å². The van der Waals surface area contributed by atoms with Crippen LogP contribution in [0.5, 0.6) is 0 Å². The van der Waals surface area contributed by atoms with Crippen LogP contribution in [0, 0.1) is 0 Å². The minimum atomic E-state index is -0.0889. The molecule has 0 radical (unpaired) electrons. The Morgan fingerprint density at radius 3 is 2.87 bits per heavy atom. The Morgan fingerprint density at radius 1 is 1.60 bits per heavy atom.